The summed E-state index contributed by atoms with van der Waals surface area (Å²) in [6.07, 6.45) is 1.64. The van der Waals surface area contributed by atoms with Gasteiger partial charge in [0.1, 0.15) is 5.82 Å². The Morgan fingerprint density at radius 3 is 2.52 bits per heavy atom. The first kappa shape index (κ1) is 19.1. The van der Waals surface area contributed by atoms with Crippen LogP contribution in [-0.4, -0.2) is 52.8 Å². The average Bonchev–Trinajstić information content (AvgIpc) is 2.84. The van der Waals surface area contributed by atoms with Gasteiger partial charge in [-0.25, -0.2) is 4.39 Å². The highest BCUT2D eigenvalue weighted by Gasteiger charge is 2.24. The molecule has 3 rings (SSSR count). The van der Waals surface area contributed by atoms with Crippen molar-refractivity contribution in [3.05, 3.63) is 58.7 Å². The molecule has 0 radical (unpaired) electrons. The minimum Gasteiger partial charge on any atom is -0.362 e. The van der Waals surface area contributed by atoms with Gasteiger partial charge in [-0.2, -0.15) is 0 Å². The van der Waals surface area contributed by atoms with Crippen LogP contribution in [0.5, 0.6) is 0 Å². The number of carbonyl (C=O) groups is 2. The van der Waals surface area contributed by atoms with E-state index in [-0.39, 0.29) is 17.6 Å². The summed E-state index contributed by atoms with van der Waals surface area (Å²) in [4.78, 5) is 32.1. The molecule has 1 aromatic carbocycles. The van der Waals surface area contributed by atoms with Gasteiger partial charge in [0.15, 0.2) is 0 Å². The summed E-state index contributed by atoms with van der Waals surface area (Å²) in [5.74, 6) is -0.202. The normalized spacial score (nSPS) is 14.9. The van der Waals surface area contributed by atoms with Gasteiger partial charge in [0.2, 0.25) is 5.91 Å². The molecular weight excluding hydrogens is 345 g/mol. The second-order valence-corrected chi connectivity index (χ2v) is 7.15. The largest absolute Gasteiger partial charge is 0.362 e. The lowest BCUT2D eigenvalue weighted by Gasteiger charge is -2.22. The van der Waals surface area contributed by atoms with Gasteiger partial charge < -0.3 is 14.8 Å². The summed E-state index contributed by atoms with van der Waals surface area (Å²) in [5.41, 5.74) is 3.39. The molecule has 5 nitrogen and oxygen atoms in total. The number of nitrogens with one attached hydrogen (secondary N) is 1. The van der Waals surface area contributed by atoms with Crippen molar-refractivity contribution in [2.75, 3.05) is 26.2 Å². The Bertz CT molecular complexity index is 831. The number of amides is 2. The van der Waals surface area contributed by atoms with Gasteiger partial charge in [0.05, 0.1) is 5.56 Å². The van der Waals surface area contributed by atoms with E-state index in [4.69, 9.17) is 0 Å². The SMILES string of the molecule is Cc1cc(C(=O)N2CCCN(C(=O)CCc3cccc(F)c3)CC2)c(C)[nH]1. The number of nitrogens with zero attached hydrogens (tertiary/aromatic N) is 2. The standard InChI is InChI=1S/C21H26FN3O2/c1-15-13-19(16(2)23-15)21(27)25-10-4-9-24(11-12-25)20(26)8-7-17-5-3-6-18(22)14-17/h3,5-6,13-14,23H,4,7-12H2,1-2H3. The molecule has 0 spiro atoms. The van der Waals surface area contributed by atoms with E-state index < -0.39 is 0 Å². The lowest BCUT2D eigenvalue weighted by atomic mass is 10.1. The molecule has 0 aliphatic carbocycles. The smallest absolute Gasteiger partial charge is 0.255 e. The summed E-state index contributed by atoms with van der Waals surface area (Å²) in [5, 5.41) is 0. The van der Waals surface area contributed by atoms with E-state index >= 15 is 0 Å². The molecule has 0 unspecified atom stereocenters. The fourth-order valence-electron chi connectivity index (χ4n) is 3.59. The predicted molar refractivity (Wildman–Crippen MR) is 102 cm³/mol. The third kappa shape index (κ3) is 4.76. The molecule has 1 aromatic heterocycles. The summed E-state index contributed by atoms with van der Waals surface area (Å²) in [7, 11) is 0. The number of halogens is 1. The maximum absolute atomic E-state index is 13.3. The van der Waals surface area contributed by atoms with Gasteiger partial charge in [0, 0.05) is 44.0 Å². The molecule has 2 amide bonds. The van der Waals surface area contributed by atoms with Crippen LogP contribution in [-0.2, 0) is 11.2 Å². The van der Waals surface area contributed by atoms with Crippen molar-refractivity contribution >= 4 is 11.8 Å². The summed E-state index contributed by atoms with van der Waals surface area (Å²) in [6.45, 7) is 6.21. The zero-order valence-electron chi connectivity index (χ0n) is 15.9. The highest BCUT2D eigenvalue weighted by molar-refractivity contribution is 5.95. The van der Waals surface area contributed by atoms with Gasteiger partial charge in [-0.15, -0.1) is 0 Å². The molecule has 2 heterocycles. The highest BCUT2D eigenvalue weighted by Crippen LogP contribution is 2.15. The number of hydrogen-bond acceptors (Lipinski definition) is 2. The van der Waals surface area contributed by atoms with Crippen LogP contribution in [0.15, 0.2) is 30.3 Å². The summed E-state index contributed by atoms with van der Waals surface area (Å²) < 4.78 is 13.3. The number of aromatic amines is 1. The average molecular weight is 371 g/mol. The molecule has 1 aliphatic rings. The van der Waals surface area contributed by atoms with Crippen molar-refractivity contribution < 1.29 is 14.0 Å². The minimum absolute atomic E-state index is 0.0194. The number of aromatic nitrogens is 1. The van der Waals surface area contributed by atoms with Crippen LogP contribution < -0.4 is 0 Å². The van der Waals surface area contributed by atoms with Gasteiger partial charge in [-0.3, -0.25) is 9.59 Å². The van der Waals surface area contributed by atoms with Crippen LogP contribution in [0.2, 0.25) is 0 Å². The van der Waals surface area contributed by atoms with E-state index in [1.807, 2.05) is 35.8 Å². The van der Waals surface area contributed by atoms with E-state index in [1.165, 1.54) is 12.1 Å². The quantitative estimate of drug-likeness (QED) is 0.898. The Balaban J connectivity index is 1.55. The van der Waals surface area contributed by atoms with Gasteiger partial charge in [-0.1, -0.05) is 12.1 Å². The monoisotopic (exact) mass is 371 g/mol. The molecule has 0 saturated carbocycles. The molecule has 0 bridgehead atoms. The summed E-state index contributed by atoms with van der Waals surface area (Å²) in [6, 6.07) is 8.25. The first-order chi connectivity index (χ1) is 12.9. The van der Waals surface area contributed by atoms with Crippen molar-refractivity contribution in [3.63, 3.8) is 0 Å². The topological polar surface area (TPSA) is 56.4 Å². The number of aryl methyl sites for hydroxylation is 3. The van der Waals surface area contributed by atoms with E-state index in [0.717, 1.165) is 23.4 Å². The Morgan fingerprint density at radius 1 is 1.07 bits per heavy atom. The third-order valence-corrected chi connectivity index (χ3v) is 5.03. The molecule has 144 valence electrons. The zero-order valence-corrected chi connectivity index (χ0v) is 15.9. The number of benzene rings is 1. The maximum atomic E-state index is 13.3. The van der Waals surface area contributed by atoms with Crippen LogP contribution >= 0.6 is 0 Å². The number of carbonyl (C=O) groups excluding carboxylic acids is 2. The molecule has 1 aliphatic heterocycles. The molecule has 1 fully saturated rings. The van der Waals surface area contributed by atoms with E-state index in [9.17, 15) is 14.0 Å². The molecule has 1 N–H and O–H groups in total. The second kappa shape index (κ2) is 8.37. The highest BCUT2D eigenvalue weighted by atomic mass is 19.1. The Labute approximate surface area is 159 Å². The van der Waals surface area contributed by atoms with Gasteiger partial charge in [-0.05, 0) is 50.5 Å². The molecule has 27 heavy (non-hydrogen) atoms. The van der Waals surface area contributed by atoms with Crippen LogP contribution in [0.1, 0.15) is 40.2 Å². The number of hydrogen-bond donors (Lipinski definition) is 1. The number of rotatable bonds is 4. The Kier molecular flexibility index (Phi) is 5.94. The van der Waals surface area contributed by atoms with E-state index in [1.54, 1.807) is 6.07 Å². The summed E-state index contributed by atoms with van der Waals surface area (Å²) >= 11 is 0. The molecular formula is C21H26FN3O2. The predicted octanol–water partition coefficient (Wildman–Crippen LogP) is 3.08. The third-order valence-electron chi connectivity index (χ3n) is 5.03. The van der Waals surface area contributed by atoms with Gasteiger partial charge in [0.25, 0.3) is 5.91 Å². The van der Waals surface area contributed by atoms with E-state index in [2.05, 4.69) is 4.98 Å². The van der Waals surface area contributed by atoms with Crippen LogP contribution in [0.3, 0.4) is 0 Å². The van der Waals surface area contributed by atoms with Crippen molar-refractivity contribution in [1.82, 2.24) is 14.8 Å². The lowest BCUT2D eigenvalue weighted by Crippen LogP contribution is -2.37. The van der Waals surface area contributed by atoms with Crippen molar-refractivity contribution in [2.45, 2.75) is 33.1 Å². The second-order valence-electron chi connectivity index (χ2n) is 7.15. The Hall–Kier alpha value is -2.63. The lowest BCUT2D eigenvalue weighted by molar-refractivity contribution is -0.131. The first-order valence-corrected chi connectivity index (χ1v) is 9.42. The molecule has 1 saturated heterocycles. The van der Waals surface area contributed by atoms with Crippen LogP contribution in [0, 0.1) is 19.7 Å². The van der Waals surface area contributed by atoms with Gasteiger partial charge >= 0.3 is 0 Å². The molecule has 2 aromatic rings. The Morgan fingerprint density at radius 2 is 1.81 bits per heavy atom. The van der Waals surface area contributed by atoms with Crippen LogP contribution in [0.4, 0.5) is 4.39 Å². The fourth-order valence-corrected chi connectivity index (χ4v) is 3.59. The minimum atomic E-state index is -0.279. The zero-order chi connectivity index (χ0) is 19.4. The fraction of sp³-hybridized carbons (Fsp3) is 0.429. The number of H-pyrrole nitrogens is 1. The maximum Gasteiger partial charge on any atom is 0.255 e. The first-order valence-electron chi connectivity index (χ1n) is 9.42. The van der Waals surface area contributed by atoms with Crippen molar-refractivity contribution in [1.29, 1.82) is 0 Å². The molecule has 0 atom stereocenters. The van der Waals surface area contributed by atoms with Crippen molar-refractivity contribution in [3.8, 4) is 0 Å². The van der Waals surface area contributed by atoms with Crippen LogP contribution in [0.25, 0.3) is 0 Å². The molecule has 6 heteroatoms. The van der Waals surface area contributed by atoms with E-state index in [0.29, 0.717) is 44.6 Å². The van der Waals surface area contributed by atoms with Crippen molar-refractivity contribution in [2.24, 2.45) is 0 Å².